The Labute approximate surface area is 159 Å². The van der Waals surface area contributed by atoms with E-state index in [4.69, 9.17) is 9.84 Å². The molecular weight excluding hydrogens is 348 g/mol. The van der Waals surface area contributed by atoms with E-state index in [1.807, 2.05) is 37.3 Å². The molecule has 1 N–H and O–H groups in total. The predicted molar refractivity (Wildman–Crippen MR) is 100 cm³/mol. The lowest BCUT2D eigenvalue weighted by Gasteiger charge is -2.34. The first-order chi connectivity index (χ1) is 13.0. The number of para-hydroxylation sites is 1. The third-order valence-electron chi connectivity index (χ3n) is 4.74. The summed E-state index contributed by atoms with van der Waals surface area (Å²) in [5.41, 5.74) is 0. The number of nitrogens with zero attached hydrogens (tertiary/aromatic N) is 2. The Balaban J connectivity index is 1.81. The van der Waals surface area contributed by atoms with E-state index in [2.05, 4.69) is 0 Å². The van der Waals surface area contributed by atoms with Gasteiger partial charge in [-0.1, -0.05) is 18.2 Å². The Morgan fingerprint density at radius 1 is 1.22 bits per heavy atom. The number of hydrogen-bond acceptors (Lipinski definition) is 4. The molecule has 1 saturated heterocycles. The van der Waals surface area contributed by atoms with Gasteiger partial charge < -0.3 is 19.6 Å². The van der Waals surface area contributed by atoms with Crippen LogP contribution >= 0.6 is 0 Å². The topological polar surface area (TPSA) is 87.2 Å². The standard InChI is InChI=1S/C20H28N2O5/c1-2-21(13-10-19(24)25)20(26)16-7-6-12-22(15-16)18(23)11-14-27-17-8-4-3-5-9-17/h3-5,8-9,16H,2,6-7,10-15H2,1H3,(H,24,25). The molecule has 1 unspecified atom stereocenters. The Hall–Kier alpha value is -2.57. The second-order valence-corrected chi connectivity index (χ2v) is 6.65. The zero-order valence-corrected chi connectivity index (χ0v) is 15.8. The number of carboxylic acid groups (broad SMARTS) is 1. The molecule has 7 nitrogen and oxygen atoms in total. The van der Waals surface area contributed by atoms with E-state index in [9.17, 15) is 14.4 Å². The molecule has 7 heteroatoms. The largest absolute Gasteiger partial charge is 0.493 e. The van der Waals surface area contributed by atoms with Gasteiger partial charge in [-0.15, -0.1) is 0 Å². The highest BCUT2D eigenvalue weighted by Crippen LogP contribution is 2.20. The van der Waals surface area contributed by atoms with Gasteiger partial charge in [0.2, 0.25) is 11.8 Å². The predicted octanol–water partition coefficient (Wildman–Crippen LogP) is 2.02. The van der Waals surface area contributed by atoms with Crippen molar-refractivity contribution in [3.05, 3.63) is 30.3 Å². The van der Waals surface area contributed by atoms with E-state index in [0.717, 1.165) is 18.6 Å². The van der Waals surface area contributed by atoms with Gasteiger partial charge >= 0.3 is 5.97 Å². The van der Waals surface area contributed by atoms with Gasteiger partial charge in [-0.2, -0.15) is 0 Å². The fourth-order valence-electron chi connectivity index (χ4n) is 3.25. The highest BCUT2D eigenvalue weighted by atomic mass is 16.5. The van der Waals surface area contributed by atoms with Gasteiger partial charge in [0.15, 0.2) is 0 Å². The fraction of sp³-hybridized carbons (Fsp3) is 0.550. The SMILES string of the molecule is CCN(CCC(=O)O)C(=O)C1CCCN(C(=O)CCOc2ccccc2)C1. The molecule has 1 aromatic rings. The first-order valence-electron chi connectivity index (χ1n) is 9.47. The lowest BCUT2D eigenvalue weighted by atomic mass is 9.96. The van der Waals surface area contributed by atoms with Crippen LogP contribution in [0.1, 0.15) is 32.6 Å². The molecule has 1 aliphatic heterocycles. The summed E-state index contributed by atoms with van der Waals surface area (Å²) in [4.78, 5) is 39.2. The van der Waals surface area contributed by atoms with Gasteiger partial charge in [-0.3, -0.25) is 14.4 Å². The normalized spacial score (nSPS) is 16.6. The Bertz CT molecular complexity index is 635. The number of carbonyl (C=O) groups is 3. The van der Waals surface area contributed by atoms with Crippen molar-refractivity contribution in [2.24, 2.45) is 5.92 Å². The molecular formula is C20H28N2O5. The van der Waals surface area contributed by atoms with Gasteiger partial charge in [0, 0.05) is 26.2 Å². The molecule has 0 saturated carbocycles. The van der Waals surface area contributed by atoms with Crippen molar-refractivity contribution in [3.8, 4) is 5.75 Å². The smallest absolute Gasteiger partial charge is 0.305 e. The van der Waals surface area contributed by atoms with Gasteiger partial charge in [0.05, 0.1) is 25.4 Å². The highest BCUT2D eigenvalue weighted by Gasteiger charge is 2.30. The van der Waals surface area contributed by atoms with Crippen LogP contribution in [0.3, 0.4) is 0 Å². The number of rotatable bonds is 9. The van der Waals surface area contributed by atoms with E-state index in [-0.39, 0.29) is 37.1 Å². The van der Waals surface area contributed by atoms with Crippen molar-refractivity contribution < 1.29 is 24.2 Å². The van der Waals surface area contributed by atoms with Crippen molar-refractivity contribution in [2.45, 2.75) is 32.6 Å². The van der Waals surface area contributed by atoms with Crippen LogP contribution < -0.4 is 4.74 Å². The summed E-state index contributed by atoms with van der Waals surface area (Å²) >= 11 is 0. The third-order valence-corrected chi connectivity index (χ3v) is 4.74. The van der Waals surface area contributed by atoms with Crippen LogP contribution in [-0.4, -0.2) is 65.5 Å². The summed E-state index contributed by atoms with van der Waals surface area (Å²) < 4.78 is 5.57. The molecule has 0 radical (unpaired) electrons. The highest BCUT2D eigenvalue weighted by molar-refractivity contribution is 5.82. The first kappa shape index (κ1) is 20.7. The molecule has 1 heterocycles. The quantitative estimate of drug-likeness (QED) is 0.712. The fourth-order valence-corrected chi connectivity index (χ4v) is 3.25. The molecule has 2 rings (SSSR count). The number of aliphatic carboxylic acids is 1. The molecule has 148 valence electrons. The number of likely N-dealkylation sites (tertiary alicyclic amines) is 1. The summed E-state index contributed by atoms with van der Waals surface area (Å²) in [5, 5.41) is 8.83. The number of carboxylic acids is 1. The molecule has 0 aromatic heterocycles. The van der Waals surface area contributed by atoms with Crippen molar-refractivity contribution in [2.75, 3.05) is 32.8 Å². The summed E-state index contributed by atoms with van der Waals surface area (Å²) in [6.07, 6.45) is 1.71. The van der Waals surface area contributed by atoms with Crippen molar-refractivity contribution in [1.29, 1.82) is 0 Å². The first-order valence-corrected chi connectivity index (χ1v) is 9.47. The maximum Gasteiger partial charge on any atom is 0.305 e. The minimum Gasteiger partial charge on any atom is -0.493 e. The van der Waals surface area contributed by atoms with Crippen LogP contribution in [0.5, 0.6) is 5.75 Å². The maximum absolute atomic E-state index is 12.7. The number of carbonyl (C=O) groups excluding carboxylic acids is 2. The Morgan fingerprint density at radius 2 is 1.96 bits per heavy atom. The van der Waals surface area contributed by atoms with Crippen molar-refractivity contribution in [3.63, 3.8) is 0 Å². The van der Waals surface area contributed by atoms with Crippen LogP contribution in [0.25, 0.3) is 0 Å². The molecule has 2 amide bonds. The summed E-state index contributed by atoms with van der Waals surface area (Å²) in [5.74, 6) is -0.519. The maximum atomic E-state index is 12.7. The van der Waals surface area contributed by atoms with E-state index in [1.54, 1.807) is 9.80 Å². The lowest BCUT2D eigenvalue weighted by Crippen LogP contribution is -2.47. The molecule has 0 aliphatic carbocycles. The Kier molecular flexibility index (Phi) is 8.10. The number of hydrogen-bond donors (Lipinski definition) is 1. The number of amides is 2. The Morgan fingerprint density at radius 3 is 2.63 bits per heavy atom. The van der Waals surface area contributed by atoms with Crippen molar-refractivity contribution >= 4 is 17.8 Å². The van der Waals surface area contributed by atoms with Crippen LogP contribution in [-0.2, 0) is 14.4 Å². The van der Waals surface area contributed by atoms with Gasteiger partial charge in [0.25, 0.3) is 0 Å². The number of ether oxygens (including phenoxy) is 1. The van der Waals surface area contributed by atoms with E-state index < -0.39 is 5.97 Å². The summed E-state index contributed by atoms with van der Waals surface area (Å²) in [6.45, 7) is 3.87. The molecule has 1 aromatic carbocycles. The van der Waals surface area contributed by atoms with E-state index in [1.165, 1.54) is 0 Å². The molecule has 27 heavy (non-hydrogen) atoms. The number of piperidine rings is 1. The third kappa shape index (κ3) is 6.58. The molecule has 0 spiro atoms. The second kappa shape index (κ2) is 10.5. The molecule has 1 fully saturated rings. The van der Waals surface area contributed by atoms with Crippen LogP contribution in [0.15, 0.2) is 30.3 Å². The summed E-state index contributed by atoms with van der Waals surface area (Å²) in [6, 6.07) is 9.34. The van der Waals surface area contributed by atoms with Crippen molar-refractivity contribution in [1.82, 2.24) is 9.80 Å². The molecule has 1 aliphatic rings. The summed E-state index contributed by atoms with van der Waals surface area (Å²) in [7, 11) is 0. The second-order valence-electron chi connectivity index (χ2n) is 6.65. The van der Waals surface area contributed by atoms with Crippen LogP contribution in [0, 0.1) is 5.92 Å². The molecule has 1 atom stereocenters. The minimum absolute atomic E-state index is 0.0167. The monoisotopic (exact) mass is 376 g/mol. The van der Waals surface area contributed by atoms with E-state index >= 15 is 0 Å². The lowest BCUT2D eigenvalue weighted by molar-refractivity contribution is -0.142. The minimum atomic E-state index is -0.917. The zero-order chi connectivity index (χ0) is 19.6. The van der Waals surface area contributed by atoms with Gasteiger partial charge in [0.1, 0.15) is 5.75 Å². The zero-order valence-electron chi connectivity index (χ0n) is 15.8. The van der Waals surface area contributed by atoms with Crippen LogP contribution in [0.2, 0.25) is 0 Å². The van der Waals surface area contributed by atoms with Gasteiger partial charge in [-0.25, -0.2) is 0 Å². The average Bonchev–Trinajstić information content (AvgIpc) is 2.69. The average molecular weight is 376 g/mol. The van der Waals surface area contributed by atoms with E-state index in [0.29, 0.717) is 26.2 Å². The molecule has 0 bridgehead atoms. The van der Waals surface area contributed by atoms with Crippen LogP contribution in [0.4, 0.5) is 0 Å². The van der Waals surface area contributed by atoms with Gasteiger partial charge in [-0.05, 0) is 31.9 Å². The number of benzene rings is 1.